The Balaban J connectivity index is 2.56. The first-order chi connectivity index (χ1) is 14.7. The van der Waals surface area contributed by atoms with Crippen molar-refractivity contribution in [1.29, 1.82) is 0 Å². The molecule has 0 aromatic carbocycles. The maximum absolute atomic E-state index is 13.1. The average Bonchev–Trinajstić information content (AvgIpc) is 2.71. The van der Waals surface area contributed by atoms with Gasteiger partial charge in [-0.1, -0.05) is 30.9 Å². The predicted molar refractivity (Wildman–Crippen MR) is 127 cm³/mol. The number of rotatable bonds is 12. The first-order valence-corrected chi connectivity index (χ1v) is 10.9. The lowest BCUT2D eigenvalue weighted by Gasteiger charge is -2.22. The summed E-state index contributed by atoms with van der Waals surface area (Å²) in [6.45, 7) is 12.4. The third-order valence-corrected chi connectivity index (χ3v) is 4.49. The van der Waals surface area contributed by atoms with Gasteiger partial charge in [0.2, 0.25) is 0 Å². The number of unbranched alkanes of at least 4 members (excludes halogenated alkanes) is 2. The summed E-state index contributed by atoms with van der Waals surface area (Å²) in [5, 5.41) is 2.78. The number of nitrogens with zero attached hydrogens (tertiary/aromatic N) is 1. The summed E-state index contributed by atoms with van der Waals surface area (Å²) in [7, 11) is 0. The van der Waals surface area contributed by atoms with Crippen molar-refractivity contribution in [2.45, 2.75) is 65.4 Å². The predicted octanol–water partition coefficient (Wildman–Crippen LogP) is 5.28. The fourth-order valence-corrected chi connectivity index (χ4v) is 2.96. The summed E-state index contributed by atoms with van der Waals surface area (Å²) in [4.78, 5) is 17.1. The summed E-state index contributed by atoms with van der Waals surface area (Å²) in [6, 6.07) is 0. The molecular formula is C25H38FN3O2. The largest absolute Gasteiger partial charge is 0.493 e. The molecule has 1 aliphatic rings. The van der Waals surface area contributed by atoms with E-state index in [2.05, 4.69) is 16.9 Å². The molecule has 0 heterocycles. The second-order valence-corrected chi connectivity index (χ2v) is 8.50. The number of amides is 1. The molecule has 1 unspecified atom stereocenters. The molecule has 0 aromatic rings. The standard InChI is InChI=1S/C25H38FN3O2/c1-6-21(26)12-10-16-29-24(30)22-14-13-20(18-27)17-23(22)28-15-9-7-8-11-19(2)31-25(3,4)5/h6,10,12,14-15,17,20H,2,7-9,11,13,16,18,27H2,1,3-5H3,(H,29,30)/b12-10-,21-6+,28-15?. The lowest BCUT2D eigenvalue weighted by Crippen LogP contribution is -2.27. The quantitative estimate of drug-likeness (QED) is 0.191. The molecule has 3 N–H and O–H groups in total. The molecule has 5 nitrogen and oxygen atoms in total. The Labute approximate surface area is 186 Å². The van der Waals surface area contributed by atoms with Gasteiger partial charge in [0, 0.05) is 19.2 Å². The highest BCUT2D eigenvalue weighted by atomic mass is 19.1. The zero-order valence-electron chi connectivity index (χ0n) is 19.4. The number of nitrogens with one attached hydrogen (secondary N) is 1. The van der Waals surface area contributed by atoms with E-state index in [-0.39, 0.29) is 29.8 Å². The van der Waals surface area contributed by atoms with Gasteiger partial charge in [0.25, 0.3) is 5.91 Å². The molecule has 0 saturated heterocycles. The van der Waals surface area contributed by atoms with Gasteiger partial charge in [-0.2, -0.15) is 0 Å². The van der Waals surface area contributed by atoms with E-state index < -0.39 is 0 Å². The minimum atomic E-state index is -0.337. The van der Waals surface area contributed by atoms with Crippen molar-refractivity contribution in [2.75, 3.05) is 13.1 Å². The van der Waals surface area contributed by atoms with Crippen LogP contribution < -0.4 is 11.1 Å². The van der Waals surface area contributed by atoms with E-state index in [0.717, 1.165) is 31.4 Å². The maximum atomic E-state index is 13.1. The van der Waals surface area contributed by atoms with Crippen LogP contribution in [0.1, 0.15) is 59.8 Å². The van der Waals surface area contributed by atoms with E-state index in [9.17, 15) is 9.18 Å². The second kappa shape index (κ2) is 13.8. The van der Waals surface area contributed by atoms with Gasteiger partial charge in [-0.3, -0.25) is 9.79 Å². The van der Waals surface area contributed by atoms with E-state index in [1.807, 2.05) is 39.1 Å². The molecular weight excluding hydrogens is 393 g/mol. The van der Waals surface area contributed by atoms with Gasteiger partial charge >= 0.3 is 0 Å². The number of aliphatic imine (C=N–C) groups is 1. The van der Waals surface area contributed by atoms with Crippen molar-refractivity contribution < 1.29 is 13.9 Å². The minimum absolute atomic E-state index is 0.172. The van der Waals surface area contributed by atoms with Crippen LogP contribution in [0.4, 0.5) is 4.39 Å². The number of hydrogen-bond donors (Lipinski definition) is 2. The first-order valence-electron chi connectivity index (χ1n) is 10.9. The van der Waals surface area contributed by atoms with Gasteiger partial charge in [0.05, 0.1) is 17.0 Å². The number of allylic oxidation sites excluding steroid dienone is 5. The number of carbonyl (C=O) groups is 1. The highest BCUT2D eigenvalue weighted by molar-refractivity contribution is 5.98. The minimum Gasteiger partial charge on any atom is -0.493 e. The van der Waals surface area contributed by atoms with Crippen LogP contribution in [0.25, 0.3) is 0 Å². The second-order valence-electron chi connectivity index (χ2n) is 8.50. The molecule has 1 amide bonds. The molecule has 1 atom stereocenters. The maximum Gasteiger partial charge on any atom is 0.253 e. The van der Waals surface area contributed by atoms with Gasteiger partial charge in [0.1, 0.15) is 11.4 Å². The topological polar surface area (TPSA) is 76.7 Å². The lowest BCUT2D eigenvalue weighted by atomic mass is 9.94. The molecule has 0 bridgehead atoms. The van der Waals surface area contributed by atoms with Gasteiger partial charge < -0.3 is 15.8 Å². The first kappa shape index (κ1) is 26.6. The van der Waals surface area contributed by atoms with Crippen LogP contribution in [0.3, 0.4) is 0 Å². The lowest BCUT2D eigenvalue weighted by molar-refractivity contribution is -0.117. The molecule has 0 fully saturated rings. The van der Waals surface area contributed by atoms with Crippen LogP contribution >= 0.6 is 0 Å². The molecule has 0 spiro atoms. The third-order valence-electron chi connectivity index (χ3n) is 4.49. The van der Waals surface area contributed by atoms with Crippen molar-refractivity contribution in [1.82, 2.24) is 5.32 Å². The normalized spacial score (nSPS) is 17.6. The average molecular weight is 432 g/mol. The van der Waals surface area contributed by atoms with Crippen molar-refractivity contribution >= 4 is 12.1 Å². The van der Waals surface area contributed by atoms with Crippen molar-refractivity contribution in [3.05, 3.63) is 59.8 Å². The van der Waals surface area contributed by atoms with E-state index >= 15 is 0 Å². The fourth-order valence-electron chi connectivity index (χ4n) is 2.96. The molecule has 1 aliphatic carbocycles. The summed E-state index contributed by atoms with van der Waals surface area (Å²) in [6.07, 6.45) is 14.2. The SMILES string of the molecule is C=C(CCCCC=NC1=CC(CN)CC=C1C(=O)NC/C=C\C(F)=C/C)OC(C)(C)C. The third kappa shape index (κ3) is 11.5. The van der Waals surface area contributed by atoms with Crippen LogP contribution in [0, 0.1) is 5.92 Å². The van der Waals surface area contributed by atoms with Crippen molar-refractivity contribution in [3.63, 3.8) is 0 Å². The summed E-state index contributed by atoms with van der Waals surface area (Å²) in [5.41, 5.74) is 6.76. The fraction of sp³-hybridized carbons (Fsp3) is 0.520. The van der Waals surface area contributed by atoms with E-state index in [1.54, 1.807) is 13.0 Å². The Hall–Kier alpha value is -2.47. The molecule has 0 saturated carbocycles. The zero-order valence-corrected chi connectivity index (χ0v) is 19.4. The Bertz CT molecular complexity index is 755. The van der Waals surface area contributed by atoms with E-state index in [0.29, 0.717) is 24.2 Å². The van der Waals surface area contributed by atoms with E-state index in [1.165, 1.54) is 12.2 Å². The zero-order chi connectivity index (χ0) is 23.3. The van der Waals surface area contributed by atoms with Crippen molar-refractivity contribution in [2.24, 2.45) is 16.6 Å². The highest BCUT2D eigenvalue weighted by Crippen LogP contribution is 2.24. The number of hydrogen-bond acceptors (Lipinski definition) is 4. The Morgan fingerprint density at radius 2 is 2.16 bits per heavy atom. The number of carbonyl (C=O) groups excluding carboxylic acids is 1. The Kier molecular flexibility index (Phi) is 11.8. The van der Waals surface area contributed by atoms with Crippen LogP contribution in [0.2, 0.25) is 0 Å². The Morgan fingerprint density at radius 1 is 1.42 bits per heavy atom. The molecule has 31 heavy (non-hydrogen) atoms. The van der Waals surface area contributed by atoms with Crippen LogP contribution in [0.5, 0.6) is 0 Å². The summed E-state index contributed by atoms with van der Waals surface area (Å²) < 4.78 is 18.8. The summed E-state index contributed by atoms with van der Waals surface area (Å²) in [5.74, 6) is 0.413. The van der Waals surface area contributed by atoms with Crippen molar-refractivity contribution in [3.8, 4) is 0 Å². The van der Waals surface area contributed by atoms with Crippen LogP contribution in [-0.4, -0.2) is 30.8 Å². The van der Waals surface area contributed by atoms with Crippen LogP contribution in [-0.2, 0) is 9.53 Å². The molecule has 0 radical (unpaired) electrons. The molecule has 0 aromatic heterocycles. The summed E-state index contributed by atoms with van der Waals surface area (Å²) >= 11 is 0. The number of nitrogens with two attached hydrogens (primary N) is 1. The van der Waals surface area contributed by atoms with Gasteiger partial charge in [-0.05, 0) is 71.9 Å². The molecule has 1 rings (SSSR count). The number of halogens is 1. The molecule has 0 aliphatic heterocycles. The monoisotopic (exact) mass is 431 g/mol. The molecule has 6 heteroatoms. The Morgan fingerprint density at radius 3 is 2.81 bits per heavy atom. The van der Waals surface area contributed by atoms with Crippen LogP contribution in [0.15, 0.2) is 64.8 Å². The van der Waals surface area contributed by atoms with Gasteiger partial charge in [-0.15, -0.1) is 0 Å². The van der Waals surface area contributed by atoms with Gasteiger partial charge in [-0.25, -0.2) is 4.39 Å². The number of ether oxygens (including phenoxy) is 1. The highest BCUT2D eigenvalue weighted by Gasteiger charge is 2.19. The van der Waals surface area contributed by atoms with Gasteiger partial charge in [0.15, 0.2) is 0 Å². The molecule has 172 valence electrons. The smallest absolute Gasteiger partial charge is 0.253 e. The van der Waals surface area contributed by atoms with E-state index in [4.69, 9.17) is 10.5 Å².